The van der Waals surface area contributed by atoms with Crippen LogP contribution in [0.5, 0.6) is 0 Å². The number of hydrogen-bond acceptors (Lipinski definition) is 3. The third kappa shape index (κ3) is 4.64. The van der Waals surface area contributed by atoms with E-state index in [-0.39, 0.29) is 23.9 Å². The first-order chi connectivity index (χ1) is 12.0. The van der Waals surface area contributed by atoms with Gasteiger partial charge in [-0.25, -0.2) is 0 Å². The average Bonchev–Trinajstić information content (AvgIpc) is 2.66. The van der Waals surface area contributed by atoms with Crippen molar-refractivity contribution in [2.75, 3.05) is 13.1 Å². The number of carbonyl (C=O) groups excluding carboxylic acids is 1. The zero-order chi connectivity index (χ0) is 17.9. The zero-order valence-corrected chi connectivity index (χ0v) is 16.3. The average molecular weight is 374 g/mol. The van der Waals surface area contributed by atoms with Crippen molar-refractivity contribution >= 4 is 18.3 Å². The lowest BCUT2D eigenvalue weighted by atomic mass is 9.94. The summed E-state index contributed by atoms with van der Waals surface area (Å²) in [6.45, 7) is 7.45. The molecular weight excluding hydrogens is 346 g/mol. The number of hydrogen-bond donors (Lipinski definition) is 2. The van der Waals surface area contributed by atoms with Gasteiger partial charge in [-0.15, -0.1) is 12.4 Å². The number of amides is 1. The monoisotopic (exact) mass is 373 g/mol. The Balaban J connectivity index is 0.00000243. The van der Waals surface area contributed by atoms with Crippen LogP contribution >= 0.6 is 12.4 Å². The summed E-state index contributed by atoms with van der Waals surface area (Å²) >= 11 is 0. The van der Waals surface area contributed by atoms with Crippen LogP contribution in [0.2, 0.25) is 0 Å². The molecule has 0 radical (unpaired) electrons. The molecule has 4 nitrogen and oxygen atoms in total. The van der Waals surface area contributed by atoms with E-state index in [4.69, 9.17) is 5.73 Å². The molecule has 0 atom stereocenters. The molecule has 1 aliphatic heterocycles. The van der Waals surface area contributed by atoms with Crippen LogP contribution in [0.15, 0.2) is 48.5 Å². The first-order valence-corrected chi connectivity index (χ1v) is 8.88. The normalized spacial score (nSPS) is 14.3. The van der Waals surface area contributed by atoms with Crippen LogP contribution in [-0.4, -0.2) is 29.4 Å². The third-order valence-electron chi connectivity index (χ3n) is 5.12. The van der Waals surface area contributed by atoms with Gasteiger partial charge in [-0.05, 0) is 49.1 Å². The fraction of sp³-hybridized carbons (Fsp3) is 0.381. The van der Waals surface area contributed by atoms with Gasteiger partial charge in [0.25, 0.3) is 5.91 Å². The van der Waals surface area contributed by atoms with Gasteiger partial charge in [0, 0.05) is 37.3 Å². The van der Waals surface area contributed by atoms with Gasteiger partial charge >= 0.3 is 0 Å². The highest BCUT2D eigenvalue weighted by Crippen LogP contribution is 2.25. The van der Waals surface area contributed by atoms with Crippen LogP contribution in [0.3, 0.4) is 0 Å². The van der Waals surface area contributed by atoms with Crippen molar-refractivity contribution in [3.05, 3.63) is 70.8 Å². The number of nitrogens with two attached hydrogens (primary N) is 1. The van der Waals surface area contributed by atoms with Gasteiger partial charge in [0.05, 0.1) is 0 Å². The second-order valence-corrected chi connectivity index (χ2v) is 7.34. The predicted molar refractivity (Wildman–Crippen MR) is 109 cm³/mol. The lowest BCUT2D eigenvalue weighted by Gasteiger charge is -2.41. The Bertz CT molecular complexity index is 743. The quantitative estimate of drug-likeness (QED) is 0.846. The third-order valence-corrected chi connectivity index (χ3v) is 5.12. The van der Waals surface area contributed by atoms with Gasteiger partial charge in [0.15, 0.2) is 0 Å². The second-order valence-electron chi connectivity index (χ2n) is 7.34. The summed E-state index contributed by atoms with van der Waals surface area (Å²) in [6.07, 6.45) is 1.06. The summed E-state index contributed by atoms with van der Waals surface area (Å²) in [7, 11) is 0. The minimum atomic E-state index is -0.0968. The molecular formula is C21H28ClN3O. The molecule has 0 saturated carbocycles. The van der Waals surface area contributed by atoms with E-state index < -0.39 is 0 Å². The van der Waals surface area contributed by atoms with Crippen molar-refractivity contribution < 1.29 is 4.79 Å². The molecule has 26 heavy (non-hydrogen) atoms. The van der Waals surface area contributed by atoms with Gasteiger partial charge in [-0.2, -0.15) is 0 Å². The molecule has 0 aliphatic carbocycles. The minimum absolute atomic E-state index is 0. The van der Waals surface area contributed by atoms with Crippen molar-refractivity contribution in [2.24, 2.45) is 5.73 Å². The van der Waals surface area contributed by atoms with Gasteiger partial charge in [0.2, 0.25) is 0 Å². The number of benzene rings is 2. The summed E-state index contributed by atoms with van der Waals surface area (Å²) in [5.41, 5.74) is 10.1. The van der Waals surface area contributed by atoms with E-state index in [2.05, 4.69) is 48.3 Å². The van der Waals surface area contributed by atoms with Gasteiger partial charge in [-0.1, -0.05) is 36.4 Å². The van der Waals surface area contributed by atoms with Gasteiger partial charge in [-0.3, -0.25) is 9.69 Å². The summed E-state index contributed by atoms with van der Waals surface area (Å²) in [4.78, 5) is 14.9. The van der Waals surface area contributed by atoms with E-state index in [1.165, 1.54) is 11.1 Å². The van der Waals surface area contributed by atoms with Crippen LogP contribution in [0, 0.1) is 0 Å². The minimum Gasteiger partial charge on any atom is -0.350 e. The molecule has 1 aliphatic rings. The van der Waals surface area contributed by atoms with E-state index in [1.807, 2.05) is 24.3 Å². The first-order valence-electron chi connectivity index (χ1n) is 8.88. The van der Waals surface area contributed by atoms with Crippen molar-refractivity contribution in [2.45, 2.75) is 38.9 Å². The molecule has 1 heterocycles. The number of rotatable bonds is 5. The maximum Gasteiger partial charge on any atom is 0.251 e. The van der Waals surface area contributed by atoms with Crippen molar-refractivity contribution in [3.63, 3.8) is 0 Å². The van der Waals surface area contributed by atoms with E-state index >= 15 is 0 Å². The standard InChI is InChI=1S/C21H27N3O.ClH/c1-21(2,24-12-11-17-5-3-4-6-19(17)14-24)15-23-20(25)18-9-7-16(13-22)8-10-18;/h3-10H,11-15,22H2,1-2H3,(H,23,25);1H. The fourth-order valence-corrected chi connectivity index (χ4v) is 3.32. The van der Waals surface area contributed by atoms with Crippen molar-refractivity contribution in [1.82, 2.24) is 10.2 Å². The molecule has 0 fully saturated rings. The van der Waals surface area contributed by atoms with Crippen LogP contribution in [0.4, 0.5) is 0 Å². The largest absolute Gasteiger partial charge is 0.350 e. The molecule has 0 spiro atoms. The maximum absolute atomic E-state index is 12.4. The summed E-state index contributed by atoms with van der Waals surface area (Å²) in [5, 5.41) is 3.09. The number of fused-ring (bicyclic) bond motifs is 1. The Morgan fingerprint density at radius 3 is 2.42 bits per heavy atom. The van der Waals surface area contributed by atoms with E-state index in [1.54, 1.807) is 0 Å². The molecule has 140 valence electrons. The SMILES string of the molecule is CC(C)(CNC(=O)c1ccc(CN)cc1)N1CCc2ccccc2C1.Cl. The lowest BCUT2D eigenvalue weighted by molar-refractivity contribution is 0.0826. The Labute approximate surface area is 162 Å². The second kappa shape index (κ2) is 8.67. The summed E-state index contributed by atoms with van der Waals surface area (Å²) in [6, 6.07) is 16.1. The molecule has 0 bridgehead atoms. The number of nitrogens with zero attached hydrogens (tertiary/aromatic N) is 1. The topological polar surface area (TPSA) is 58.4 Å². The van der Waals surface area contributed by atoms with Crippen LogP contribution in [0.25, 0.3) is 0 Å². The van der Waals surface area contributed by atoms with E-state index in [9.17, 15) is 4.79 Å². The van der Waals surface area contributed by atoms with Crippen molar-refractivity contribution in [1.29, 1.82) is 0 Å². The zero-order valence-electron chi connectivity index (χ0n) is 15.5. The smallest absolute Gasteiger partial charge is 0.251 e. The molecule has 3 N–H and O–H groups in total. The van der Waals surface area contributed by atoms with E-state index in [0.717, 1.165) is 25.1 Å². The lowest BCUT2D eigenvalue weighted by Crippen LogP contribution is -2.53. The molecule has 2 aromatic carbocycles. The highest BCUT2D eigenvalue weighted by atomic mass is 35.5. The van der Waals surface area contributed by atoms with Gasteiger partial charge < -0.3 is 11.1 Å². The summed E-state index contributed by atoms with van der Waals surface area (Å²) in [5.74, 6) is -0.0333. The first kappa shape index (κ1) is 20.4. The molecule has 0 aromatic heterocycles. The molecule has 0 unspecified atom stereocenters. The fourth-order valence-electron chi connectivity index (χ4n) is 3.32. The Hall–Kier alpha value is -1.88. The number of halogens is 1. The van der Waals surface area contributed by atoms with Crippen LogP contribution in [0.1, 0.15) is 40.9 Å². The molecule has 2 aromatic rings. The highest BCUT2D eigenvalue weighted by molar-refractivity contribution is 5.94. The Morgan fingerprint density at radius 2 is 1.77 bits per heavy atom. The molecule has 1 amide bonds. The maximum atomic E-state index is 12.4. The van der Waals surface area contributed by atoms with Gasteiger partial charge in [0.1, 0.15) is 0 Å². The van der Waals surface area contributed by atoms with Crippen LogP contribution < -0.4 is 11.1 Å². The summed E-state index contributed by atoms with van der Waals surface area (Å²) < 4.78 is 0. The molecule has 5 heteroatoms. The molecule has 0 saturated heterocycles. The molecule has 3 rings (SSSR count). The predicted octanol–water partition coefficient (Wildman–Crippen LogP) is 3.13. The van der Waals surface area contributed by atoms with Crippen LogP contribution in [-0.2, 0) is 19.5 Å². The Morgan fingerprint density at radius 1 is 1.12 bits per heavy atom. The van der Waals surface area contributed by atoms with Crippen molar-refractivity contribution in [3.8, 4) is 0 Å². The Kier molecular flexibility index (Phi) is 6.81. The number of nitrogens with one attached hydrogen (secondary N) is 1. The highest BCUT2D eigenvalue weighted by Gasteiger charge is 2.30. The van der Waals surface area contributed by atoms with E-state index in [0.29, 0.717) is 18.7 Å². The number of carbonyl (C=O) groups is 1.